The topological polar surface area (TPSA) is 117 Å². The molecule has 3 rings (SSSR count). The lowest BCUT2D eigenvalue weighted by atomic mass is 10.1. The van der Waals surface area contributed by atoms with Crippen molar-refractivity contribution >= 4 is 27.3 Å². The summed E-state index contributed by atoms with van der Waals surface area (Å²) in [6.07, 6.45) is 0. The molecule has 192 valence electrons. The number of nitro benzene ring substituents is 1. The zero-order chi connectivity index (χ0) is 26.5. The van der Waals surface area contributed by atoms with E-state index in [0.717, 1.165) is 6.07 Å². The van der Waals surface area contributed by atoms with Crippen LogP contribution in [0.4, 0.5) is 5.69 Å². The van der Waals surface area contributed by atoms with E-state index in [9.17, 15) is 18.5 Å². The number of sulfonamides is 1. The summed E-state index contributed by atoms with van der Waals surface area (Å²) in [5.74, 6) is 1.90. The third-order valence-electron chi connectivity index (χ3n) is 5.43. The van der Waals surface area contributed by atoms with Gasteiger partial charge in [0.2, 0.25) is 10.0 Å². The third-order valence-corrected chi connectivity index (χ3v) is 7.54. The van der Waals surface area contributed by atoms with Gasteiger partial charge in [-0.05, 0) is 24.3 Å². The average Bonchev–Trinajstić information content (AvgIpc) is 2.88. The van der Waals surface area contributed by atoms with Gasteiger partial charge in [0.1, 0.15) is 28.0 Å². The minimum absolute atomic E-state index is 0.110. The highest BCUT2D eigenvalue weighted by Crippen LogP contribution is 2.34. The first-order chi connectivity index (χ1) is 17.1. The third kappa shape index (κ3) is 5.81. The number of benzene rings is 3. The van der Waals surface area contributed by atoms with Crippen molar-refractivity contribution < 1.29 is 32.3 Å². The second kappa shape index (κ2) is 11.5. The van der Waals surface area contributed by atoms with Crippen molar-refractivity contribution in [2.75, 3.05) is 28.4 Å². The number of nitro groups is 1. The molecule has 3 aromatic carbocycles. The van der Waals surface area contributed by atoms with E-state index in [4.69, 9.17) is 30.5 Å². The van der Waals surface area contributed by atoms with E-state index in [2.05, 4.69) is 0 Å². The molecule has 0 aromatic heterocycles. The second-order valence-electron chi connectivity index (χ2n) is 7.50. The maximum atomic E-state index is 13.8. The molecular weight excluding hydrogens is 512 g/mol. The fourth-order valence-electron chi connectivity index (χ4n) is 3.51. The number of nitrogens with zero attached hydrogens (tertiary/aromatic N) is 2. The van der Waals surface area contributed by atoms with Crippen LogP contribution < -0.4 is 18.9 Å². The summed E-state index contributed by atoms with van der Waals surface area (Å²) in [6, 6.07) is 13.4. The number of rotatable bonds is 11. The predicted octanol–water partition coefficient (Wildman–Crippen LogP) is 4.67. The van der Waals surface area contributed by atoms with Gasteiger partial charge >= 0.3 is 0 Å². The molecule has 0 bridgehead atoms. The maximum Gasteiger partial charge on any atom is 0.289 e. The van der Waals surface area contributed by atoms with Crippen LogP contribution in [0.25, 0.3) is 0 Å². The van der Waals surface area contributed by atoms with Crippen molar-refractivity contribution in [3.8, 4) is 23.0 Å². The van der Waals surface area contributed by atoms with Crippen molar-refractivity contribution in [2.24, 2.45) is 0 Å². The van der Waals surface area contributed by atoms with E-state index in [0.29, 0.717) is 34.1 Å². The Kier molecular flexibility index (Phi) is 8.62. The number of ether oxygens (including phenoxy) is 4. The summed E-state index contributed by atoms with van der Waals surface area (Å²) < 4.78 is 50.1. The zero-order valence-corrected chi connectivity index (χ0v) is 21.6. The number of methoxy groups -OCH3 is 4. The molecule has 0 aliphatic rings. The number of halogens is 1. The molecule has 3 aromatic rings. The quantitative estimate of drug-likeness (QED) is 0.256. The maximum absolute atomic E-state index is 13.8. The molecule has 0 saturated heterocycles. The molecule has 10 nitrogen and oxygen atoms in total. The van der Waals surface area contributed by atoms with Crippen molar-refractivity contribution in [1.29, 1.82) is 0 Å². The Morgan fingerprint density at radius 1 is 0.806 bits per heavy atom. The molecular formula is C24H25ClN2O8S. The molecule has 0 aliphatic heterocycles. The lowest BCUT2D eigenvalue weighted by Gasteiger charge is -2.24. The van der Waals surface area contributed by atoms with Crippen LogP contribution in [-0.2, 0) is 23.1 Å². The van der Waals surface area contributed by atoms with E-state index < -0.39 is 20.6 Å². The average molecular weight is 537 g/mol. The minimum Gasteiger partial charge on any atom is -0.497 e. The Labute approximate surface area is 214 Å². The summed E-state index contributed by atoms with van der Waals surface area (Å²) in [5, 5.41) is 11.2. The highest BCUT2D eigenvalue weighted by molar-refractivity contribution is 7.89. The van der Waals surface area contributed by atoms with Crippen LogP contribution in [0.5, 0.6) is 23.0 Å². The Morgan fingerprint density at radius 2 is 1.31 bits per heavy atom. The van der Waals surface area contributed by atoms with Gasteiger partial charge in [-0.1, -0.05) is 23.7 Å². The van der Waals surface area contributed by atoms with Crippen molar-refractivity contribution in [1.82, 2.24) is 4.31 Å². The summed E-state index contributed by atoms with van der Waals surface area (Å²) >= 11 is 5.91. The smallest absolute Gasteiger partial charge is 0.289 e. The summed E-state index contributed by atoms with van der Waals surface area (Å²) in [7, 11) is 1.69. The lowest BCUT2D eigenvalue weighted by molar-refractivity contribution is -0.384. The first-order valence-corrected chi connectivity index (χ1v) is 12.3. The number of hydrogen-bond acceptors (Lipinski definition) is 8. The van der Waals surface area contributed by atoms with Gasteiger partial charge in [-0.2, -0.15) is 4.31 Å². The molecule has 0 atom stereocenters. The van der Waals surface area contributed by atoms with Crippen LogP contribution in [0, 0.1) is 10.1 Å². The highest BCUT2D eigenvalue weighted by atomic mass is 35.5. The van der Waals surface area contributed by atoms with Gasteiger partial charge < -0.3 is 18.9 Å². The first-order valence-electron chi connectivity index (χ1n) is 10.5. The lowest BCUT2D eigenvalue weighted by Crippen LogP contribution is -2.30. The van der Waals surface area contributed by atoms with E-state index in [-0.39, 0.29) is 23.0 Å². The van der Waals surface area contributed by atoms with Crippen LogP contribution in [-0.4, -0.2) is 46.1 Å². The van der Waals surface area contributed by atoms with E-state index in [1.54, 1.807) is 36.4 Å². The van der Waals surface area contributed by atoms with Crippen molar-refractivity contribution in [2.45, 2.75) is 18.0 Å². The first kappa shape index (κ1) is 27.1. The fraction of sp³-hybridized carbons (Fsp3) is 0.250. The van der Waals surface area contributed by atoms with Gasteiger partial charge in [-0.3, -0.25) is 10.1 Å². The summed E-state index contributed by atoms with van der Waals surface area (Å²) in [6.45, 7) is -0.220. The summed E-state index contributed by atoms with van der Waals surface area (Å²) in [4.78, 5) is 10.4. The van der Waals surface area contributed by atoms with Crippen LogP contribution in [0.2, 0.25) is 5.02 Å². The van der Waals surface area contributed by atoms with Gasteiger partial charge in [-0.25, -0.2) is 8.42 Å². The second-order valence-corrected chi connectivity index (χ2v) is 9.84. The molecule has 0 unspecified atom stereocenters. The predicted molar refractivity (Wildman–Crippen MR) is 134 cm³/mol. The SMILES string of the molecule is COc1ccc(CN(Cc2ccc(OC)cc2OC)S(=O)(=O)c2ccc(Cl)c([N+](=O)[O-])c2)c(OC)c1. The van der Waals surface area contributed by atoms with Gasteiger partial charge in [0.05, 0.1) is 38.3 Å². The van der Waals surface area contributed by atoms with Gasteiger partial charge in [-0.15, -0.1) is 0 Å². The largest absolute Gasteiger partial charge is 0.497 e. The van der Waals surface area contributed by atoms with Crippen LogP contribution in [0.15, 0.2) is 59.5 Å². The molecule has 12 heteroatoms. The van der Waals surface area contributed by atoms with E-state index in [1.165, 1.54) is 44.9 Å². The van der Waals surface area contributed by atoms with Crippen LogP contribution in [0.3, 0.4) is 0 Å². The molecule has 36 heavy (non-hydrogen) atoms. The van der Waals surface area contributed by atoms with Crippen LogP contribution in [0.1, 0.15) is 11.1 Å². The Morgan fingerprint density at radius 3 is 1.72 bits per heavy atom. The van der Waals surface area contributed by atoms with Crippen LogP contribution >= 0.6 is 11.6 Å². The van der Waals surface area contributed by atoms with Crippen molar-refractivity contribution in [3.05, 3.63) is 80.9 Å². The Bertz CT molecular complexity index is 1310. The highest BCUT2D eigenvalue weighted by Gasteiger charge is 2.29. The van der Waals surface area contributed by atoms with Gasteiger partial charge in [0.25, 0.3) is 5.69 Å². The Hall–Kier alpha value is -3.54. The Balaban J connectivity index is 2.13. The molecule has 0 aliphatic carbocycles. The van der Waals surface area contributed by atoms with Gasteiger partial charge in [0, 0.05) is 42.4 Å². The molecule has 0 saturated carbocycles. The minimum atomic E-state index is -4.25. The number of hydrogen-bond donors (Lipinski definition) is 0. The van der Waals surface area contributed by atoms with Gasteiger partial charge in [0.15, 0.2) is 0 Å². The normalized spacial score (nSPS) is 11.3. The molecule has 0 amide bonds. The molecule has 0 fully saturated rings. The fourth-order valence-corrected chi connectivity index (χ4v) is 5.12. The standard InChI is InChI=1S/C24H25ClN2O8S/c1-32-18-7-5-16(23(11-18)34-3)14-26(15-17-6-8-19(33-2)12-24(17)35-4)36(30,31)20-9-10-21(25)22(13-20)27(28)29/h5-13H,14-15H2,1-4H3. The van der Waals surface area contributed by atoms with Crippen molar-refractivity contribution in [3.63, 3.8) is 0 Å². The molecule has 0 radical (unpaired) electrons. The molecule has 0 N–H and O–H groups in total. The molecule has 0 heterocycles. The zero-order valence-electron chi connectivity index (χ0n) is 20.1. The monoisotopic (exact) mass is 536 g/mol. The van der Waals surface area contributed by atoms with E-state index >= 15 is 0 Å². The molecule has 0 spiro atoms. The summed E-state index contributed by atoms with van der Waals surface area (Å²) in [5.41, 5.74) is 0.595. The van der Waals surface area contributed by atoms with E-state index in [1.807, 2.05) is 0 Å².